The third kappa shape index (κ3) is 1.59. The summed E-state index contributed by atoms with van der Waals surface area (Å²) in [5, 5.41) is 10.5. The van der Waals surface area contributed by atoms with E-state index in [1.165, 1.54) is 24.8 Å². The van der Waals surface area contributed by atoms with Gasteiger partial charge >= 0.3 is 0 Å². The summed E-state index contributed by atoms with van der Waals surface area (Å²) in [5.74, 6) is 0. The molecule has 2 bridgehead atoms. The number of fused-ring (bicyclic) bond motifs is 2. The number of alkyl halides is 1. The Morgan fingerprint density at radius 1 is 1.44 bits per heavy atom. The standard InChI is InChI=1S/C11H17IN4/c1-15-7-11(12,13-14-15)8-5-9-3-4-10(6-8)16(9)2/h5,9-10H,3-4,6-7H2,1-2H3. The zero-order valence-electron chi connectivity index (χ0n) is 9.73. The van der Waals surface area contributed by atoms with Crippen LogP contribution in [-0.4, -0.2) is 46.2 Å². The van der Waals surface area contributed by atoms with E-state index in [0.717, 1.165) is 12.6 Å². The fraction of sp³-hybridized carbons (Fsp3) is 0.818. The van der Waals surface area contributed by atoms with Gasteiger partial charge in [0.1, 0.15) is 0 Å². The normalized spacial score (nSPS) is 42.9. The van der Waals surface area contributed by atoms with Crippen LogP contribution in [0.5, 0.6) is 0 Å². The molecule has 0 saturated carbocycles. The Morgan fingerprint density at radius 3 is 2.88 bits per heavy atom. The second-order valence-corrected chi connectivity index (χ2v) is 6.91. The number of likely N-dealkylation sites (N-methyl/N-ethyl adjacent to an activating group) is 2. The highest BCUT2D eigenvalue weighted by atomic mass is 127. The van der Waals surface area contributed by atoms with Gasteiger partial charge in [0.15, 0.2) is 3.55 Å². The highest BCUT2D eigenvalue weighted by Crippen LogP contribution is 2.43. The summed E-state index contributed by atoms with van der Waals surface area (Å²) < 4.78 is -0.0887. The zero-order chi connectivity index (χ0) is 11.3. The quantitative estimate of drug-likeness (QED) is 0.319. The fourth-order valence-electron chi connectivity index (χ4n) is 3.01. The maximum absolute atomic E-state index is 4.44. The summed E-state index contributed by atoms with van der Waals surface area (Å²) in [6, 6.07) is 1.37. The van der Waals surface area contributed by atoms with Crippen molar-refractivity contribution in [2.75, 3.05) is 20.6 Å². The van der Waals surface area contributed by atoms with Gasteiger partial charge in [0.05, 0.1) is 6.54 Å². The predicted molar refractivity (Wildman–Crippen MR) is 71.5 cm³/mol. The van der Waals surface area contributed by atoms with Crippen LogP contribution in [0.3, 0.4) is 0 Å². The van der Waals surface area contributed by atoms with Crippen LogP contribution in [0.15, 0.2) is 22.0 Å². The van der Waals surface area contributed by atoms with Gasteiger partial charge in [0, 0.05) is 19.1 Å². The maximum atomic E-state index is 4.44. The minimum absolute atomic E-state index is 0.0887. The first-order chi connectivity index (χ1) is 7.58. The number of halogens is 1. The van der Waals surface area contributed by atoms with Crippen molar-refractivity contribution in [2.24, 2.45) is 10.3 Å². The van der Waals surface area contributed by atoms with Gasteiger partial charge in [-0.15, -0.1) is 5.11 Å². The molecule has 3 aliphatic rings. The van der Waals surface area contributed by atoms with Crippen LogP contribution in [0.1, 0.15) is 19.3 Å². The van der Waals surface area contributed by atoms with Gasteiger partial charge in [-0.05, 0) is 54.5 Å². The van der Waals surface area contributed by atoms with Crippen molar-refractivity contribution in [2.45, 2.75) is 34.9 Å². The molecule has 0 aromatic heterocycles. The molecule has 0 radical (unpaired) electrons. The third-order valence-electron chi connectivity index (χ3n) is 4.03. The minimum atomic E-state index is -0.0887. The van der Waals surface area contributed by atoms with Gasteiger partial charge in [-0.3, -0.25) is 9.91 Å². The first-order valence-corrected chi connectivity index (χ1v) is 6.92. The molecule has 0 N–H and O–H groups in total. The van der Waals surface area contributed by atoms with E-state index in [1.807, 2.05) is 12.1 Å². The Labute approximate surface area is 110 Å². The SMILES string of the molecule is CN1CC(I)(C2=CC3CCC(C2)N3C)N=N1. The molecule has 88 valence electrons. The van der Waals surface area contributed by atoms with Gasteiger partial charge in [0.2, 0.25) is 0 Å². The summed E-state index contributed by atoms with van der Waals surface area (Å²) >= 11 is 2.47. The molecule has 1 fully saturated rings. The molecule has 3 unspecified atom stereocenters. The zero-order valence-corrected chi connectivity index (χ0v) is 11.9. The molecule has 5 heteroatoms. The number of nitrogens with zero attached hydrogens (tertiary/aromatic N) is 4. The van der Waals surface area contributed by atoms with E-state index >= 15 is 0 Å². The van der Waals surface area contributed by atoms with Crippen molar-refractivity contribution in [1.82, 2.24) is 9.91 Å². The Morgan fingerprint density at radius 2 is 2.25 bits per heavy atom. The minimum Gasteiger partial charge on any atom is -0.297 e. The van der Waals surface area contributed by atoms with Crippen LogP contribution in [0, 0.1) is 0 Å². The van der Waals surface area contributed by atoms with Crippen LogP contribution in [0.4, 0.5) is 0 Å². The van der Waals surface area contributed by atoms with E-state index in [-0.39, 0.29) is 3.55 Å². The van der Waals surface area contributed by atoms with Crippen molar-refractivity contribution in [3.8, 4) is 0 Å². The number of rotatable bonds is 1. The van der Waals surface area contributed by atoms with Gasteiger partial charge in [-0.2, -0.15) is 0 Å². The van der Waals surface area contributed by atoms with E-state index in [2.05, 4.69) is 51.0 Å². The lowest BCUT2D eigenvalue weighted by molar-refractivity contribution is 0.249. The van der Waals surface area contributed by atoms with E-state index in [1.54, 1.807) is 0 Å². The summed E-state index contributed by atoms with van der Waals surface area (Å²) in [5.41, 5.74) is 1.49. The largest absolute Gasteiger partial charge is 0.297 e. The molecule has 3 heterocycles. The number of hydrogen-bond donors (Lipinski definition) is 0. The molecule has 3 aliphatic heterocycles. The van der Waals surface area contributed by atoms with Gasteiger partial charge in [-0.1, -0.05) is 11.3 Å². The molecule has 4 nitrogen and oxygen atoms in total. The van der Waals surface area contributed by atoms with Crippen LogP contribution in [-0.2, 0) is 0 Å². The van der Waals surface area contributed by atoms with Gasteiger partial charge in [0.25, 0.3) is 0 Å². The summed E-state index contributed by atoms with van der Waals surface area (Å²) in [4.78, 5) is 2.51. The van der Waals surface area contributed by atoms with Crippen LogP contribution in [0.2, 0.25) is 0 Å². The van der Waals surface area contributed by atoms with E-state index in [0.29, 0.717) is 6.04 Å². The van der Waals surface area contributed by atoms with E-state index in [9.17, 15) is 0 Å². The molecule has 0 aliphatic carbocycles. The molecular formula is C11H17IN4. The fourth-order valence-corrected chi connectivity index (χ4v) is 4.00. The van der Waals surface area contributed by atoms with Crippen molar-refractivity contribution in [1.29, 1.82) is 0 Å². The first-order valence-electron chi connectivity index (χ1n) is 5.84. The first kappa shape index (κ1) is 11.0. The monoisotopic (exact) mass is 332 g/mol. The average molecular weight is 332 g/mol. The molecular weight excluding hydrogens is 315 g/mol. The van der Waals surface area contributed by atoms with E-state index in [4.69, 9.17) is 0 Å². The van der Waals surface area contributed by atoms with E-state index < -0.39 is 0 Å². The molecule has 0 spiro atoms. The van der Waals surface area contributed by atoms with Crippen LogP contribution >= 0.6 is 22.6 Å². The van der Waals surface area contributed by atoms with Crippen molar-refractivity contribution in [3.05, 3.63) is 11.6 Å². The summed E-state index contributed by atoms with van der Waals surface area (Å²) in [6.45, 7) is 0.919. The second kappa shape index (κ2) is 3.66. The topological polar surface area (TPSA) is 31.2 Å². The van der Waals surface area contributed by atoms with Gasteiger partial charge in [-0.25, -0.2) is 0 Å². The van der Waals surface area contributed by atoms with Gasteiger partial charge < -0.3 is 0 Å². The second-order valence-electron chi connectivity index (χ2n) is 5.12. The number of hydrogen-bond acceptors (Lipinski definition) is 4. The smallest absolute Gasteiger partial charge is 0.174 e. The molecule has 0 aromatic carbocycles. The molecule has 3 rings (SSSR count). The summed E-state index contributed by atoms with van der Waals surface area (Å²) in [7, 11) is 4.24. The lowest BCUT2D eigenvalue weighted by Gasteiger charge is -2.34. The lowest BCUT2D eigenvalue weighted by Crippen LogP contribution is -2.40. The van der Waals surface area contributed by atoms with Crippen molar-refractivity contribution < 1.29 is 0 Å². The predicted octanol–water partition coefficient (Wildman–Crippen LogP) is 2.22. The average Bonchev–Trinajstić information content (AvgIpc) is 2.66. The Kier molecular flexibility index (Phi) is 2.51. The highest BCUT2D eigenvalue weighted by molar-refractivity contribution is 14.1. The maximum Gasteiger partial charge on any atom is 0.174 e. The molecule has 0 aromatic rings. The Balaban J connectivity index is 1.87. The third-order valence-corrected chi connectivity index (χ3v) is 5.28. The molecule has 1 saturated heterocycles. The Bertz CT molecular complexity index is 367. The van der Waals surface area contributed by atoms with Crippen molar-refractivity contribution >= 4 is 22.6 Å². The van der Waals surface area contributed by atoms with Crippen LogP contribution in [0.25, 0.3) is 0 Å². The lowest BCUT2D eigenvalue weighted by atomic mass is 9.96. The molecule has 3 atom stereocenters. The van der Waals surface area contributed by atoms with Crippen molar-refractivity contribution in [3.63, 3.8) is 0 Å². The molecule has 16 heavy (non-hydrogen) atoms. The molecule has 0 amide bonds. The summed E-state index contributed by atoms with van der Waals surface area (Å²) in [6.07, 6.45) is 6.25. The van der Waals surface area contributed by atoms with Crippen LogP contribution < -0.4 is 0 Å². The highest BCUT2D eigenvalue weighted by Gasteiger charge is 2.43. The Hall–Kier alpha value is -0.170.